The molecule has 2 aromatic rings. The highest BCUT2D eigenvalue weighted by molar-refractivity contribution is 6.30. The lowest BCUT2D eigenvalue weighted by molar-refractivity contribution is -0.140. The van der Waals surface area contributed by atoms with Gasteiger partial charge in [0.15, 0.2) is 0 Å². The van der Waals surface area contributed by atoms with Crippen LogP contribution in [0.5, 0.6) is 0 Å². The first kappa shape index (κ1) is 22.9. The molecule has 0 heterocycles. The number of amides is 2. The minimum Gasteiger partial charge on any atom is -0.354 e. The summed E-state index contributed by atoms with van der Waals surface area (Å²) in [5.74, 6) is -0.236. The van der Waals surface area contributed by atoms with Crippen molar-refractivity contribution in [3.63, 3.8) is 0 Å². The van der Waals surface area contributed by atoms with Crippen molar-refractivity contribution in [3.8, 4) is 0 Å². The monoisotopic (exact) mass is 418 g/mol. The zero-order chi connectivity index (χ0) is 21.4. The predicted molar refractivity (Wildman–Crippen MR) is 114 cm³/mol. The molecular weight excluding hydrogens is 391 g/mol. The molecule has 0 saturated carbocycles. The van der Waals surface area contributed by atoms with Crippen LogP contribution >= 0.6 is 11.6 Å². The molecule has 0 radical (unpaired) electrons. The quantitative estimate of drug-likeness (QED) is 0.646. The number of benzene rings is 2. The Hall–Kier alpha value is -2.40. The Kier molecular flexibility index (Phi) is 8.65. The molecule has 0 aliphatic carbocycles. The summed E-state index contributed by atoms with van der Waals surface area (Å²) in [7, 11) is 0. The summed E-state index contributed by atoms with van der Waals surface area (Å²) in [6, 6.07) is 12.4. The Balaban J connectivity index is 2.14. The van der Waals surface area contributed by atoms with Crippen molar-refractivity contribution >= 4 is 23.4 Å². The Morgan fingerprint density at radius 1 is 1.00 bits per heavy atom. The van der Waals surface area contributed by atoms with E-state index in [0.717, 1.165) is 17.5 Å². The van der Waals surface area contributed by atoms with Crippen LogP contribution < -0.4 is 5.32 Å². The molecule has 1 atom stereocenters. The van der Waals surface area contributed by atoms with Gasteiger partial charge in [0, 0.05) is 18.1 Å². The molecule has 4 nitrogen and oxygen atoms in total. The third kappa shape index (κ3) is 7.50. The van der Waals surface area contributed by atoms with Gasteiger partial charge in [-0.1, -0.05) is 49.7 Å². The van der Waals surface area contributed by atoms with E-state index in [-0.39, 0.29) is 30.6 Å². The number of halogens is 2. The van der Waals surface area contributed by atoms with Crippen molar-refractivity contribution < 1.29 is 14.0 Å². The fraction of sp³-hybridized carbons (Fsp3) is 0.391. The van der Waals surface area contributed by atoms with Crippen molar-refractivity contribution in [1.82, 2.24) is 10.2 Å². The van der Waals surface area contributed by atoms with Crippen molar-refractivity contribution in [2.24, 2.45) is 5.92 Å². The minimum absolute atomic E-state index is 0.155. The van der Waals surface area contributed by atoms with E-state index in [4.69, 9.17) is 11.6 Å². The van der Waals surface area contributed by atoms with Gasteiger partial charge in [0.25, 0.3) is 0 Å². The van der Waals surface area contributed by atoms with E-state index in [0.29, 0.717) is 17.5 Å². The number of carbonyl (C=O) groups excluding carboxylic acids is 2. The van der Waals surface area contributed by atoms with Gasteiger partial charge >= 0.3 is 0 Å². The normalized spacial score (nSPS) is 11.9. The Morgan fingerprint density at radius 2 is 1.59 bits per heavy atom. The van der Waals surface area contributed by atoms with E-state index < -0.39 is 6.04 Å². The standard InChI is InChI=1S/C23H28ClFN2O2/c1-16(2)12-13-26-23(29)17(3)27(15-19-6-10-21(25)11-7-19)22(28)14-18-4-8-20(24)9-5-18/h4-11,16-17H,12-15H2,1-3H3,(H,26,29). The SMILES string of the molecule is CC(C)CCNC(=O)C(C)N(Cc1ccc(F)cc1)C(=O)Cc1ccc(Cl)cc1. The van der Waals surface area contributed by atoms with Crippen LogP contribution in [0.4, 0.5) is 4.39 Å². The van der Waals surface area contributed by atoms with Crippen molar-refractivity contribution in [3.05, 3.63) is 70.5 Å². The average molecular weight is 419 g/mol. The average Bonchev–Trinajstić information content (AvgIpc) is 2.68. The lowest BCUT2D eigenvalue weighted by atomic mass is 10.1. The van der Waals surface area contributed by atoms with Gasteiger partial charge in [0.05, 0.1) is 6.42 Å². The topological polar surface area (TPSA) is 49.4 Å². The summed E-state index contributed by atoms with van der Waals surface area (Å²) >= 11 is 5.91. The number of nitrogens with one attached hydrogen (secondary N) is 1. The highest BCUT2D eigenvalue weighted by Gasteiger charge is 2.26. The smallest absolute Gasteiger partial charge is 0.242 e. The van der Waals surface area contributed by atoms with Crippen LogP contribution in [0.3, 0.4) is 0 Å². The summed E-state index contributed by atoms with van der Waals surface area (Å²) in [5.41, 5.74) is 1.58. The summed E-state index contributed by atoms with van der Waals surface area (Å²) in [6.45, 7) is 6.69. The van der Waals surface area contributed by atoms with E-state index >= 15 is 0 Å². The molecule has 2 rings (SSSR count). The summed E-state index contributed by atoms with van der Waals surface area (Å²) in [4.78, 5) is 27.2. The third-order valence-electron chi connectivity index (χ3n) is 4.72. The molecule has 0 bridgehead atoms. The molecule has 0 saturated heterocycles. The zero-order valence-electron chi connectivity index (χ0n) is 17.1. The third-order valence-corrected chi connectivity index (χ3v) is 4.97. The van der Waals surface area contributed by atoms with Crippen LogP contribution in [-0.2, 0) is 22.6 Å². The Labute approximate surface area is 177 Å². The molecule has 156 valence electrons. The molecular formula is C23H28ClFN2O2. The highest BCUT2D eigenvalue weighted by atomic mass is 35.5. The van der Waals surface area contributed by atoms with E-state index in [1.165, 1.54) is 17.0 Å². The Bertz CT molecular complexity index is 807. The van der Waals surface area contributed by atoms with Gasteiger partial charge in [-0.2, -0.15) is 0 Å². The van der Waals surface area contributed by atoms with Gasteiger partial charge in [-0.15, -0.1) is 0 Å². The first-order valence-corrected chi connectivity index (χ1v) is 10.2. The number of hydrogen-bond acceptors (Lipinski definition) is 2. The van der Waals surface area contributed by atoms with Crippen LogP contribution in [0.2, 0.25) is 5.02 Å². The van der Waals surface area contributed by atoms with E-state index in [1.807, 2.05) is 0 Å². The Morgan fingerprint density at radius 3 is 2.17 bits per heavy atom. The molecule has 0 fully saturated rings. The second-order valence-electron chi connectivity index (χ2n) is 7.60. The number of hydrogen-bond donors (Lipinski definition) is 1. The predicted octanol–water partition coefficient (Wildman–Crippen LogP) is 4.60. The summed E-state index contributed by atoms with van der Waals surface area (Å²) < 4.78 is 13.2. The molecule has 29 heavy (non-hydrogen) atoms. The molecule has 0 aliphatic rings. The second-order valence-corrected chi connectivity index (χ2v) is 8.04. The molecule has 6 heteroatoms. The maximum Gasteiger partial charge on any atom is 0.242 e. The van der Waals surface area contributed by atoms with Crippen molar-refractivity contribution in [2.45, 2.75) is 46.2 Å². The zero-order valence-corrected chi connectivity index (χ0v) is 17.9. The molecule has 2 amide bonds. The molecule has 0 aliphatic heterocycles. The molecule has 1 unspecified atom stereocenters. The van der Waals surface area contributed by atoms with E-state index in [9.17, 15) is 14.0 Å². The summed E-state index contributed by atoms with van der Waals surface area (Å²) in [6.07, 6.45) is 1.02. The molecule has 1 N–H and O–H groups in total. The molecule has 0 spiro atoms. The fourth-order valence-electron chi connectivity index (χ4n) is 2.88. The molecule has 0 aromatic heterocycles. The van der Waals surface area contributed by atoms with E-state index in [1.54, 1.807) is 43.3 Å². The lowest BCUT2D eigenvalue weighted by Crippen LogP contribution is -2.48. The van der Waals surface area contributed by atoms with E-state index in [2.05, 4.69) is 19.2 Å². The van der Waals surface area contributed by atoms with Gasteiger partial charge in [-0.05, 0) is 54.7 Å². The van der Waals surface area contributed by atoms with Crippen LogP contribution in [0.1, 0.15) is 38.3 Å². The minimum atomic E-state index is -0.646. The van der Waals surface area contributed by atoms with Crippen LogP contribution in [0.15, 0.2) is 48.5 Å². The lowest BCUT2D eigenvalue weighted by Gasteiger charge is -2.29. The van der Waals surface area contributed by atoms with Gasteiger partial charge in [0.2, 0.25) is 11.8 Å². The van der Waals surface area contributed by atoms with Gasteiger partial charge in [-0.3, -0.25) is 9.59 Å². The summed E-state index contributed by atoms with van der Waals surface area (Å²) in [5, 5.41) is 3.50. The highest BCUT2D eigenvalue weighted by Crippen LogP contribution is 2.15. The van der Waals surface area contributed by atoms with Gasteiger partial charge in [-0.25, -0.2) is 4.39 Å². The second kappa shape index (κ2) is 11.0. The van der Waals surface area contributed by atoms with Crippen molar-refractivity contribution in [2.75, 3.05) is 6.54 Å². The van der Waals surface area contributed by atoms with Gasteiger partial charge in [0.1, 0.15) is 11.9 Å². The van der Waals surface area contributed by atoms with Crippen LogP contribution in [0.25, 0.3) is 0 Å². The number of nitrogens with zero attached hydrogens (tertiary/aromatic N) is 1. The van der Waals surface area contributed by atoms with Gasteiger partial charge < -0.3 is 10.2 Å². The first-order valence-electron chi connectivity index (χ1n) is 9.82. The number of rotatable bonds is 9. The first-order chi connectivity index (χ1) is 13.8. The maximum atomic E-state index is 13.2. The fourth-order valence-corrected chi connectivity index (χ4v) is 3.01. The van der Waals surface area contributed by atoms with Crippen molar-refractivity contribution in [1.29, 1.82) is 0 Å². The van der Waals surface area contributed by atoms with Crippen LogP contribution in [0, 0.1) is 11.7 Å². The number of carbonyl (C=O) groups is 2. The van der Waals surface area contributed by atoms with Crippen LogP contribution in [-0.4, -0.2) is 29.3 Å². The maximum absolute atomic E-state index is 13.2. The molecule has 2 aromatic carbocycles. The largest absolute Gasteiger partial charge is 0.354 e.